The van der Waals surface area contributed by atoms with Crippen molar-refractivity contribution in [2.45, 2.75) is 46.2 Å². The van der Waals surface area contributed by atoms with Crippen molar-refractivity contribution in [3.05, 3.63) is 0 Å². The zero-order chi connectivity index (χ0) is 13.2. The van der Waals surface area contributed by atoms with Gasteiger partial charge in [-0.25, -0.2) is 14.6 Å². The van der Waals surface area contributed by atoms with Crippen LogP contribution in [0, 0.1) is 23.7 Å². The molecular formula is C13H20N2O2. The SMILES string of the molecule is CC1C(N=C=O)C(C)C(C)C(C)(N=C=O)C1C. The number of hydrogen-bond acceptors (Lipinski definition) is 4. The molecule has 0 heterocycles. The van der Waals surface area contributed by atoms with Crippen molar-refractivity contribution >= 4 is 12.2 Å². The van der Waals surface area contributed by atoms with E-state index in [0.717, 1.165) is 0 Å². The fourth-order valence-corrected chi connectivity index (χ4v) is 3.15. The van der Waals surface area contributed by atoms with E-state index in [1.54, 1.807) is 12.2 Å². The van der Waals surface area contributed by atoms with Gasteiger partial charge in [0, 0.05) is 0 Å². The summed E-state index contributed by atoms with van der Waals surface area (Å²) in [6, 6.07) is -0.0348. The highest BCUT2D eigenvalue weighted by Gasteiger charge is 2.50. The van der Waals surface area contributed by atoms with E-state index in [-0.39, 0.29) is 29.7 Å². The van der Waals surface area contributed by atoms with Gasteiger partial charge in [-0.1, -0.05) is 27.7 Å². The second-order valence-corrected chi connectivity index (χ2v) is 5.44. The summed E-state index contributed by atoms with van der Waals surface area (Å²) in [4.78, 5) is 29.1. The fourth-order valence-electron chi connectivity index (χ4n) is 3.15. The molecule has 0 amide bonds. The molecule has 0 spiro atoms. The van der Waals surface area contributed by atoms with Gasteiger partial charge >= 0.3 is 0 Å². The summed E-state index contributed by atoms with van der Waals surface area (Å²) in [5.74, 6) is 0.754. The van der Waals surface area contributed by atoms with Gasteiger partial charge in [0.25, 0.3) is 0 Å². The van der Waals surface area contributed by atoms with E-state index in [0.29, 0.717) is 0 Å². The number of rotatable bonds is 2. The minimum Gasteiger partial charge on any atom is -0.211 e. The third kappa shape index (κ3) is 2.11. The first-order valence-electron chi connectivity index (χ1n) is 6.06. The summed E-state index contributed by atoms with van der Waals surface area (Å²) >= 11 is 0. The molecule has 1 rings (SSSR count). The minimum atomic E-state index is -0.421. The fraction of sp³-hybridized carbons (Fsp3) is 0.846. The van der Waals surface area contributed by atoms with E-state index in [1.165, 1.54) is 0 Å². The normalized spacial score (nSPS) is 45.6. The molecule has 4 atom stereocenters. The van der Waals surface area contributed by atoms with E-state index < -0.39 is 5.54 Å². The van der Waals surface area contributed by atoms with Crippen LogP contribution in [-0.4, -0.2) is 23.7 Å². The van der Waals surface area contributed by atoms with Crippen LogP contribution in [0.3, 0.4) is 0 Å². The Morgan fingerprint density at radius 2 is 1.41 bits per heavy atom. The van der Waals surface area contributed by atoms with Gasteiger partial charge in [0.2, 0.25) is 12.2 Å². The van der Waals surface area contributed by atoms with Gasteiger partial charge < -0.3 is 0 Å². The maximum Gasteiger partial charge on any atom is 0.235 e. The van der Waals surface area contributed by atoms with Crippen molar-refractivity contribution in [1.29, 1.82) is 0 Å². The van der Waals surface area contributed by atoms with Crippen LogP contribution in [0.5, 0.6) is 0 Å². The molecule has 1 saturated carbocycles. The molecule has 4 heteroatoms. The van der Waals surface area contributed by atoms with Crippen LogP contribution in [0.4, 0.5) is 0 Å². The number of hydrogen-bond donors (Lipinski definition) is 0. The highest BCUT2D eigenvalue weighted by molar-refractivity contribution is 5.36. The van der Waals surface area contributed by atoms with Crippen LogP contribution in [-0.2, 0) is 9.59 Å². The highest BCUT2D eigenvalue weighted by Crippen LogP contribution is 2.47. The molecule has 1 aliphatic rings. The van der Waals surface area contributed by atoms with Crippen LogP contribution < -0.4 is 0 Å². The van der Waals surface area contributed by atoms with E-state index in [9.17, 15) is 9.59 Å². The van der Waals surface area contributed by atoms with Gasteiger partial charge in [-0.15, -0.1) is 0 Å². The van der Waals surface area contributed by atoms with Gasteiger partial charge in [0.05, 0.1) is 11.6 Å². The van der Waals surface area contributed by atoms with Crippen molar-refractivity contribution < 1.29 is 9.59 Å². The van der Waals surface area contributed by atoms with Gasteiger partial charge in [-0.05, 0) is 30.6 Å². The predicted octanol–water partition coefficient (Wildman–Crippen LogP) is 2.34. The number of isocyanates is 2. The molecule has 0 aromatic rings. The zero-order valence-corrected chi connectivity index (χ0v) is 11.1. The summed E-state index contributed by atoms with van der Waals surface area (Å²) in [7, 11) is 0. The Morgan fingerprint density at radius 3 is 1.76 bits per heavy atom. The van der Waals surface area contributed by atoms with E-state index in [1.807, 2.05) is 6.92 Å². The lowest BCUT2D eigenvalue weighted by atomic mass is 9.58. The predicted molar refractivity (Wildman–Crippen MR) is 65.1 cm³/mol. The lowest BCUT2D eigenvalue weighted by Crippen LogP contribution is -2.54. The first kappa shape index (κ1) is 13.8. The summed E-state index contributed by atoms with van der Waals surface area (Å²) in [5.41, 5.74) is -0.421. The molecule has 0 N–H and O–H groups in total. The average Bonchev–Trinajstić information content (AvgIpc) is 2.31. The average molecular weight is 236 g/mol. The number of aliphatic imine (C=N–C) groups is 2. The molecule has 4 unspecified atom stereocenters. The summed E-state index contributed by atoms with van der Waals surface area (Å²) in [6.07, 6.45) is 3.36. The molecule has 1 aliphatic carbocycles. The van der Waals surface area contributed by atoms with Crippen molar-refractivity contribution in [2.75, 3.05) is 0 Å². The summed E-state index contributed by atoms with van der Waals surface area (Å²) < 4.78 is 0. The molecule has 1 fully saturated rings. The Hall–Kier alpha value is -1.24. The molecule has 0 aliphatic heterocycles. The van der Waals surface area contributed by atoms with Gasteiger partial charge in [-0.2, -0.15) is 4.99 Å². The Labute approximate surface area is 102 Å². The molecule has 0 aromatic carbocycles. The first-order chi connectivity index (χ1) is 7.90. The second-order valence-electron chi connectivity index (χ2n) is 5.44. The maximum atomic E-state index is 10.6. The molecule has 0 saturated heterocycles. The third-order valence-corrected chi connectivity index (χ3v) is 4.99. The number of nitrogens with zero attached hydrogens (tertiary/aromatic N) is 2. The Kier molecular flexibility index (Phi) is 4.03. The van der Waals surface area contributed by atoms with Crippen molar-refractivity contribution in [1.82, 2.24) is 0 Å². The highest BCUT2D eigenvalue weighted by atomic mass is 16.1. The zero-order valence-electron chi connectivity index (χ0n) is 11.1. The molecule has 0 bridgehead atoms. The minimum absolute atomic E-state index is 0.0348. The second kappa shape index (κ2) is 4.95. The summed E-state index contributed by atoms with van der Waals surface area (Å²) in [6.45, 7) is 10.2. The molecule has 94 valence electrons. The van der Waals surface area contributed by atoms with Crippen molar-refractivity contribution in [2.24, 2.45) is 33.7 Å². The van der Waals surface area contributed by atoms with Crippen LogP contribution in [0.2, 0.25) is 0 Å². The van der Waals surface area contributed by atoms with Gasteiger partial charge in [-0.3, -0.25) is 0 Å². The Bertz CT molecular complexity index is 365. The van der Waals surface area contributed by atoms with E-state index in [4.69, 9.17) is 0 Å². The van der Waals surface area contributed by atoms with Gasteiger partial charge in [0.1, 0.15) is 0 Å². The lowest BCUT2D eigenvalue weighted by molar-refractivity contribution is 0.0391. The van der Waals surface area contributed by atoms with Crippen LogP contribution in [0.25, 0.3) is 0 Å². The van der Waals surface area contributed by atoms with E-state index >= 15 is 0 Å². The van der Waals surface area contributed by atoms with Crippen LogP contribution in [0.15, 0.2) is 9.98 Å². The van der Waals surface area contributed by atoms with E-state index in [2.05, 4.69) is 37.7 Å². The molecule has 0 radical (unpaired) electrons. The lowest BCUT2D eigenvalue weighted by Gasteiger charge is -2.50. The first-order valence-corrected chi connectivity index (χ1v) is 6.06. The largest absolute Gasteiger partial charge is 0.235 e. The molecular weight excluding hydrogens is 216 g/mol. The smallest absolute Gasteiger partial charge is 0.211 e. The monoisotopic (exact) mass is 236 g/mol. The maximum absolute atomic E-state index is 10.6. The standard InChI is InChI=1S/C13H20N2O2/c1-8-10(3)13(5,15-7-17)11(4)9(2)12(8)14-6-16/h8-12H,1-5H3. The molecule has 0 aromatic heterocycles. The Morgan fingerprint density at radius 1 is 0.941 bits per heavy atom. The van der Waals surface area contributed by atoms with Crippen LogP contribution in [0.1, 0.15) is 34.6 Å². The van der Waals surface area contributed by atoms with Crippen LogP contribution >= 0.6 is 0 Å². The van der Waals surface area contributed by atoms with Crippen molar-refractivity contribution in [3.8, 4) is 0 Å². The van der Waals surface area contributed by atoms with Gasteiger partial charge in [0.15, 0.2) is 0 Å². The number of carbonyl (C=O) groups excluding carboxylic acids is 2. The Balaban J connectivity index is 3.19. The quantitative estimate of drug-likeness (QED) is 0.545. The molecule has 17 heavy (non-hydrogen) atoms. The third-order valence-electron chi connectivity index (χ3n) is 4.99. The molecule has 4 nitrogen and oxygen atoms in total. The van der Waals surface area contributed by atoms with Crippen molar-refractivity contribution in [3.63, 3.8) is 0 Å². The summed E-state index contributed by atoms with van der Waals surface area (Å²) in [5, 5.41) is 0. The topological polar surface area (TPSA) is 58.9 Å².